The summed E-state index contributed by atoms with van der Waals surface area (Å²) in [5.74, 6) is 1.24. The van der Waals surface area contributed by atoms with E-state index < -0.39 is 0 Å². The Bertz CT molecular complexity index is 312. The Morgan fingerprint density at radius 2 is 2.05 bits per heavy atom. The summed E-state index contributed by atoms with van der Waals surface area (Å²) >= 11 is 0. The normalized spacial score (nSPS) is 27.4. The van der Waals surface area contributed by atoms with Crippen molar-refractivity contribution in [3.8, 4) is 0 Å². The lowest BCUT2D eigenvalue weighted by atomic mass is 10.1. The van der Waals surface area contributed by atoms with E-state index in [4.69, 9.17) is 0 Å². The summed E-state index contributed by atoms with van der Waals surface area (Å²) in [7, 11) is 0. The minimum atomic E-state index is -0.148. The first-order valence-corrected chi connectivity index (χ1v) is 7.17. The van der Waals surface area contributed by atoms with E-state index in [0.717, 1.165) is 51.2 Å². The molecule has 3 N–H and O–H groups in total. The van der Waals surface area contributed by atoms with Crippen LogP contribution >= 0.6 is 24.0 Å². The van der Waals surface area contributed by atoms with Crippen molar-refractivity contribution in [3.63, 3.8) is 0 Å². The van der Waals surface area contributed by atoms with Gasteiger partial charge in [0, 0.05) is 25.0 Å². The van der Waals surface area contributed by atoms with Gasteiger partial charge < -0.3 is 15.7 Å². The fourth-order valence-corrected chi connectivity index (χ4v) is 2.69. The Kier molecular flexibility index (Phi) is 7.75. The lowest BCUT2D eigenvalue weighted by Crippen LogP contribution is -2.42. The van der Waals surface area contributed by atoms with Crippen molar-refractivity contribution in [3.05, 3.63) is 12.2 Å². The van der Waals surface area contributed by atoms with Gasteiger partial charge in [-0.1, -0.05) is 18.6 Å². The fourth-order valence-electron chi connectivity index (χ4n) is 2.69. The van der Waals surface area contributed by atoms with Crippen LogP contribution in [0.15, 0.2) is 17.1 Å². The molecule has 4 nitrogen and oxygen atoms in total. The maximum Gasteiger partial charge on any atom is 0.191 e. The fraction of sp³-hybridized carbons (Fsp3) is 0.786. The van der Waals surface area contributed by atoms with Crippen molar-refractivity contribution < 1.29 is 5.11 Å². The van der Waals surface area contributed by atoms with Crippen molar-refractivity contribution >= 4 is 29.9 Å². The van der Waals surface area contributed by atoms with Gasteiger partial charge in [-0.05, 0) is 32.6 Å². The highest BCUT2D eigenvalue weighted by Gasteiger charge is 2.24. The molecular weight excluding hydrogens is 353 g/mol. The second-order valence-electron chi connectivity index (χ2n) is 5.26. The number of hydrogen-bond donors (Lipinski definition) is 3. The Morgan fingerprint density at radius 3 is 2.63 bits per heavy atom. The lowest BCUT2D eigenvalue weighted by molar-refractivity contribution is 0.136. The van der Waals surface area contributed by atoms with Gasteiger partial charge in [0.25, 0.3) is 0 Å². The molecule has 110 valence electrons. The zero-order valence-electron chi connectivity index (χ0n) is 11.6. The van der Waals surface area contributed by atoms with Crippen LogP contribution in [0.3, 0.4) is 0 Å². The van der Waals surface area contributed by atoms with Crippen molar-refractivity contribution in [2.45, 2.75) is 51.2 Å². The maximum atomic E-state index is 9.80. The molecule has 0 aromatic carbocycles. The molecule has 0 spiro atoms. The third kappa shape index (κ3) is 5.30. The number of hydrogen-bond acceptors (Lipinski definition) is 2. The van der Waals surface area contributed by atoms with Gasteiger partial charge in [0.05, 0.1) is 6.10 Å². The van der Waals surface area contributed by atoms with E-state index in [1.807, 2.05) is 0 Å². The molecule has 19 heavy (non-hydrogen) atoms. The molecule has 1 fully saturated rings. The second kappa shape index (κ2) is 8.79. The molecule has 2 atom stereocenters. The molecule has 0 aromatic heterocycles. The Labute approximate surface area is 133 Å². The predicted octanol–water partition coefficient (Wildman–Crippen LogP) is 2.04. The first-order chi connectivity index (χ1) is 8.79. The summed E-state index contributed by atoms with van der Waals surface area (Å²) in [4.78, 5) is 4.62. The standard InChI is InChI=1S/C14H25N3O.HI/c1-2-15-14(17-12-7-3-4-8-12)16-10-11-6-5-9-13(11)18;/h3-4,11-13,18H,2,5-10H2,1H3,(H2,15,16,17);1H. The highest BCUT2D eigenvalue weighted by Crippen LogP contribution is 2.25. The zero-order chi connectivity index (χ0) is 12.8. The predicted molar refractivity (Wildman–Crippen MR) is 90.0 cm³/mol. The molecule has 2 unspecified atom stereocenters. The Balaban J connectivity index is 0.00000180. The summed E-state index contributed by atoms with van der Waals surface area (Å²) in [5, 5.41) is 16.5. The molecule has 0 aromatic rings. The summed E-state index contributed by atoms with van der Waals surface area (Å²) in [6, 6.07) is 0.483. The van der Waals surface area contributed by atoms with E-state index >= 15 is 0 Å². The van der Waals surface area contributed by atoms with E-state index in [2.05, 4.69) is 34.7 Å². The van der Waals surface area contributed by atoms with Crippen LogP contribution in [-0.2, 0) is 0 Å². The topological polar surface area (TPSA) is 56.7 Å². The number of halogens is 1. The minimum Gasteiger partial charge on any atom is -0.393 e. The highest BCUT2D eigenvalue weighted by molar-refractivity contribution is 14.0. The number of rotatable bonds is 4. The highest BCUT2D eigenvalue weighted by atomic mass is 127. The first-order valence-electron chi connectivity index (χ1n) is 7.17. The van der Waals surface area contributed by atoms with Crippen LogP contribution in [0.5, 0.6) is 0 Å². The molecule has 2 aliphatic carbocycles. The number of aliphatic imine (C=N–C) groups is 1. The van der Waals surface area contributed by atoms with Crippen LogP contribution in [0, 0.1) is 5.92 Å². The zero-order valence-corrected chi connectivity index (χ0v) is 14.0. The molecule has 1 saturated carbocycles. The van der Waals surface area contributed by atoms with Crippen LogP contribution in [0.25, 0.3) is 0 Å². The summed E-state index contributed by atoms with van der Waals surface area (Å²) in [5.41, 5.74) is 0. The monoisotopic (exact) mass is 379 g/mol. The number of aliphatic hydroxyl groups excluding tert-OH is 1. The van der Waals surface area contributed by atoms with Crippen LogP contribution in [-0.4, -0.2) is 36.3 Å². The van der Waals surface area contributed by atoms with Crippen molar-refractivity contribution in [1.29, 1.82) is 0 Å². The third-order valence-corrected chi connectivity index (χ3v) is 3.80. The van der Waals surface area contributed by atoms with Crippen LogP contribution in [0.1, 0.15) is 39.0 Å². The Morgan fingerprint density at radius 1 is 1.32 bits per heavy atom. The van der Waals surface area contributed by atoms with Crippen LogP contribution in [0.4, 0.5) is 0 Å². The van der Waals surface area contributed by atoms with E-state index in [-0.39, 0.29) is 30.1 Å². The van der Waals surface area contributed by atoms with Gasteiger partial charge in [0.15, 0.2) is 5.96 Å². The number of nitrogens with zero attached hydrogens (tertiary/aromatic N) is 1. The van der Waals surface area contributed by atoms with Crippen LogP contribution in [0.2, 0.25) is 0 Å². The van der Waals surface area contributed by atoms with Crippen molar-refractivity contribution in [1.82, 2.24) is 10.6 Å². The quantitative estimate of drug-likeness (QED) is 0.303. The van der Waals surface area contributed by atoms with Gasteiger partial charge in [0.2, 0.25) is 0 Å². The minimum absolute atomic E-state index is 0. The molecule has 2 aliphatic rings. The van der Waals surface area contributed by atoms with Gasteiger partial charge in [0.1, 0.15) is 0 Å². The average molecular weight is 379 g/mol. The van der Waals surface area contributed by atoms with E-state index in [0.29, 0.717) is 12.0 Å². The lowest BCUT2D eigenvalue weighted by Gasteiger charge is -2.18. The maximum absolute atomic E-state index is 9.80. The van der Waals surface area contributed by atoms with Gasteiger partial charge in [-0.25, -0.2) is 0 Å². The summed E-state index contributed by atoms with van der Waals surface area (Å²) < 4.78 is 0. The molecule has 0 amide bonds. The van der Waals surface area contributed by atoms with Gasteiger partial charge in [-0.15, -0.1) is 24.0 Å². The molecule has 0 aliphatic heterocycles. The molecule has 5 heteroatoms. The van der Waals surface area contributed by atoms with Crippen molar-refractivity contribution in [2.24, 2.45) is 10.9 Å². The second-order valence-corrected chi connectivity index (χ2v) is 5.26. The number of aliphatic hydroxyl groups is 1. The SMILES string of the molecule is CCNC(=NCC1CCCC1O)NC1CC=CC1.I. The average Bonchev–Trinajstić information content (AvgIpc) is 2.98. The Hall–Kier alpha value is -0.300. The first kappa shape index (κ1) is 16.8. The summed E-state index contributed by atoms with van der Waals surface area (Å²) in [6.07, 6.45) is 9.62. The molecule has 0 saturated heterocycles. The smallest absolute Gasteiger partial charge is 0.191 e. The van der Waals surface area contributed by atoms with Crippen molar-refractivity contribution in [2.75, 3.05) is 13.1 Å². The number of nitrogens with one attached hydrogen (secondary N) is 2. The van der Waals surface area contributed by atoms with E-state index in [1.54, 1.807) is 0 Å². The molecule has 0 heterocycles. The largest absolute Gasteiger partial charge is 0.393 e. The number of guanidine groups is 1. The van der Waals surface area contributed by atoms with Gasteiger partial charge >= 0.3 is 0 Å². The van der Waals surface area contributed by atoms with Crippen LogP contribution < -0.4 is 10.6 Å². The molecule has 0 radical (unpaired) electrons. The van der Waals surface area contributed by atoms with Gasteiger partial charge in [-0.3, -0.25) is 4.99 Å². The van der Waals surface area contributed by atoms with E-state index in [9.17, 15) is 5.11 Å². The van der Waals surface area contributed by atoms with E-state index in [1.165, 1.54) is 0 Å². The summed E-state index contributed by atoms with van der Waals surface area (Å²) in [6.45, 7) is 3.68. The molecule has 0 bridgehead atoms. The van der Waals surface area contributed by atoms with Gasteiger partial charge in [-0.2, -0.15) is 0 Å². The molecular formula is C14H26IN3O. The molecule has 2 rings (SSSR count). The third-order valence-electron chi connectivity index (χ3n) is 3.80.